The van der Waals surface area contributed by atoms with Crippen LogP contribution in [-0.2, 0) is 27.4 Å². The average Bonchev–Trinajstić information content (AvgIpc) is 3.29. The van der Waals surface area contributed by atoms with Crippen molar-refractivity contribution in [3.8, 4) is 11.1 Å². The lowest BCUT2D eigenvalue weighted by Gasteiger charge is -2.32. The Bertz CT molecular complexity index is 1150. The maximum absolute atomic E-state index is 13.9. The topological polar surface area (TPSA) is 81.5 Å². The molecule has 1 fully saturated rings. The monoisotopic (exact) mass is 461 g/mol. The highest BCUT2D eigenvalue weighted by Crippen LogP contribution is 2.39. The van der Waals surface area contributed by atoms with Gasteiger partial charge >= 0.3 is 0 Å². The van der Waals surface area contributed by atoms with Crippen LogP contribution >= 0.6 is 0 Å². The SMILES string of the molecule is COCCn1cc(-c2ccc3c(c2)N(C(=O)[C@H]2CC[C@H](OC)CC2)Cc2cccnc2N3)cn1. The van der Waals surface area contributed by atoms with Crippen LogP contribution < -0.4 is 10.2 Å². The minimum Gasteiger partial charge on any atom is -0.383 e. The zero-order chi connectivity index (χ0) is 23.5. The van der Waals surface area contributed by atoms with Crippen LogP contribution in [0, 0.1) is 5.92 Å². The van der Waals surface area contributed by atoms with Crippen molar-refractivity contribution in [2.45, 2.75) is 44.9 Å². The van der Waals surface area contributed by atoms with Crippen LogP contribution in [0.5, 0.6) is 0 Å². The first-order valence-electron chi connectivity index (χ1n) is 11.9. The van der Waals surface area contributed by atoms with Crippen LogP contribution in [0.15, 0.2) is 48.9 Å². The first-order valence-corrected chi connectivity index (χ1v) is 11.9. The molecule has 8 heteroatoms. The number of aromatic nitrogens is 3. The van der Waals surface area contributed by atoms with Gasteiger partial charge in [0.05, 0.1) is 43.4 Å². The zero-order valence-electron chi connectivity index (χ0n) is 19.7. The Labute approximate surface area is 199 Å². The summed E-state index contributed by atoms with van der Waals surface area (Å²) in [6.45, 7) is 1.79. The standard InChI is InChI=1S/C26H31N5O3/c1-33-13-12-30-16-21(15-28-30)19-7-10-23-24(14-19)31(17-20-4-3-11-27-25(20)29-23)26(32)18-5-8-22(34-2)9-6-18/h3-4,7,10-11,14-16,18,22H,5-6,8-9,12-13,17H2,1-2H3,(H,27,29)/t18-,22-. The molecule has 0 spiro atoms. The Balaban J connectivity index is 1.49. The molecule has 1 aliphatic heterocycles. The lowest BCUT2D eigenvalue weighted by molar-refractivity contribution is -0.124. The third-order valence-electron chi connectivity index (χ3n) is 6.88. The maximum atomic E-state index is 13.9. The fraction of sp³-hybridized carbons (Fsp3) is 0.423. The third kappa shape index (κ3) is 4.56. The van der Waals surface area contributed by atoms with Crippen molar-refractivity contribution in [1.29, 1.82) is 0 Å². The summed E-state index contributed by atoms with van der Waals surface area (Å²) in [6.07, 6.45) is 9.45. The summed E-state index contributed by atoms with van der Waals surface area (Å²) < 4.78 is 12.6. The Morgan fingerprint density at radius 2 is 2.00 bits per heavy atom. The van der Waals surface area contributed by atoms with Gasteiger partial charge in [-0.1, -0.05) is 12.1 Å². The van der Waals surface area contributed by atoms with Gasteiger partial charge in [-0.3, -0.25) is 9.48 Å². The number of carbonyl (C=O) groups is 1. The van der Waals surface area contributed by atoms with E-state index in [9.17, 15) is 4.79 Å². The summed E-state index contributed by atoms with van der Waals surface area (Å²) in [6, 6.07) is 10.1. The van der Waals surface area contributed by atoms with Crippen LogP contribution in [0.4, 0.5) is 17.2 Å². The molecule has 0 radical (unpaired) electrons. The summed E-state index contributed by atoms with van der Waals surface area (Å²) in [5.41, 5.74) is 4.79. The van der Waals surface area contributed by atoms with E-state index in [4.69, 9.17) is 9.47 Å². The molecule has 2 aromatic heterocycles. The molecule has 8 nitrogen and oxygen atoms in total. The number of fused-ring (bicyclic) bond motifs is 2. The number of carbonyl (C=O) groups excluding carboxylic acids is 1. The third-order valence-corrected chi connectivity index (χ3v) is 6.88. The first kappa shape index (κ1) is 22.6. The summed E-state index contributed by atoms with van der Waals surface area (Å²) in [7, 11) is 3.44. The molecule has 178 valence electrons. The van der Waals surface area contributed by atoms with Gasteiger partial charge in [0.15, 0.2) is 0 Å². The normalized spacial score (nSPS) is 19.6. The molecule has 5 rings (SSSR count). The van der Waals surface area contributed by atoms with Crippen molar-refractivity contribution in [1.82, 2.24) is 14.8 Å². The van der Waals surface area contributed by atoms with Gasteiger partial charge in [-0.2, -0.15) is 5.10 Å². The van der Waals surface area contributed by atoms with E-state index >= 15 is 0 Å². The maximum Gasteiger partial charge on any atom is 0.230 e. The van der Waals surface area contributed by atoms with Gasteiger partial charge in [0.2, 0.25) is 5.91 Å². The van der Waals surface area contributed by atoms with Crippen molar-refractivity contribution in [3.05, 3.63) is 54.5 Å². The van der Waals surface area contributed by atoms with Crippen molar-refractivity contribution < 1.29 is 14.3 Å². The van der Waals surface area contributed by atoms with E-state index in [1.807, 2.05) is 40.2 Å². The van der Waals surface area contributed by atoms with Crippen molar-refractivity contribution in [3.63, 3.8) is 0 Å². The number of amides is 1. The van der Waals surface area contributed by atoms with Gasteiger partial charge in [-0.05, 0) is 49.4 Å². The number of rotatable bonds is 6. The molecule has 1 aliphatic carbocycles. The van der Waals surface area contributed by atoms with E-state index in [1.165, 1.54) is 0 Å². The molecule has 2 aliphatic rings. The van der Waals surface area contributed by atoms with E-state index in [2.05, 4.69) is 27.5 Å². The fourth-order valence-corrected chi connectivity index (χ4v) is 4.88. The Hall–Kier alpha value is -3.23. The van der Waals surface area contributed by atoms with Crippen molar-refractivity contribution in [2.24, 2.45) is 5.92 Å². The minimum atomic E-state index is -0.00192. The smallest absolute Gasteiger partial charge is 0.230 e. The van der Waals surface area contributed by atoms with Crippen LogP contribution in [0.3, 0.4) is 0 Å². The molecule has 0 atom stereocenters. The quantitative estimate of drug-likeness (QED) is 0.587. The van der Waals surface area contributed by atoms with Crippen LogP contribution in [-0.4, -0.2) is 47.6 Å². The van der Waals surface area contributed by atoms with E-state index in [0.717, 1.165) is 59.6 Å². The Morgan fingerprint density at radius 1 is 1.15 bits per heavy atom. The number of methoxy groups -OCH3 is 2. The molecule has 1 aromatic carbocycles. The average molecular weight is 462 g/mol. The summed E-state index contributed by atoms with van der Waals surface area (Å²) in [5.74, 6) is 0.961. The molecular weight excluding hydrogens is 430 g/mol. The molecule has 34 heavy (non-hydrogen) atoms. The van der Waals surface area contributed by atoms with Gasteiger partial charge in [0.1, 0.15) is 5.82 Å². The van der Waals surface area contributed by atoms with Crippen LogP contribution in [0.25, 0.3) is 11.1 Å². The molecule has 0 bridgehead atoms. The molecule has 0 saturated heterocycles. The minimum absolute atomic E-state index is 0.00192. The van der Waals surface area contributed by atoms with Crippen molar-refractivity contribution in [2.75, 3.05) is 31.0 Å². The van der Waals surface area contributed by atoms with Gasteiger partial charge in [0.25, 0.3) is 0 Å². The summed E-state index contributed by atoms with van der Waals surface area (Å²) >= 11 is 0. The number of hydrogen-bond acceptors (Lipinski definition) is 6. The number of anilines is 3. The highest BCUT2D eigenvalue weighted by Gasteiger charge is 2.33. The molecule has 1 saturated carbocycles. The zero-order valence-corrected chi connectivity index (χ0v) is 19.7. The van der Waals surface area contributed by atoms with E-state index < -0.39 is 0 Å². The predicted molar refractivity (Wildman–Crippen MR) is 131 cm³/mol. The molecule has 1 N–H and O–H groups in total. The largest absolute Gasteiger partial charge is 0.383 e. The van der Waals surface area contributed by atoms with Gasteiger partial charge in [-0.25, -0.2) is 4.98 Å². The Kier molecular flexibility index (Phi) is 6.60. The number of hydrogen-bond donors (Lipinski definition) is 1. The molecule has 0 unspecified atom stereocenters. The van der Waals surface area contributed by atoms with Gasteiger partial charge < -0.3 is 19.7 Å². The molecular formula is C26H31N5O3. The first-order chi connectivity index (χ1) is 16.7. The fourth-order valence-electron chi connectivity index (χ4n) is 4.88. The predicted octanol–water partition coefficient (Wildman–Crippen LogP) is 4.39. The van der Waals surface area contributed by atoms with Crippen LogP contribution in [0.2, 0.25) is 0 Å². The number of nitrogens with one attached hydrogen (secondary N) is 1. The van der Waals surface area contributed by atoms with Gasteiger partial charge in [0, 0.05) is 43.7 Å². The molecule has 3 aromatic rings. The second-order valence-electron chi connectivity index (χ2n) is 8.99. The number of pyridine rings is 1. The number of benzene rings is 1. The van der Waals surface area contributed by atoms with E-state index in [-0.39, 0.29) is 17.9 Å². The Morgan fingerprint density at radius 3 is 2.79 bits per heavy atom. The highest BCUT2D eigenvalue weighted by molar-refractivity contribution is 6.00. The number of nitrogens with zero attached hydrogens (tertiary/aromatic N) is 4. The lowest BCUT2D eigenvalue weighted by atomic mass is 9.86. The number of ether oxygens (including phenoxy) is 2. The highest BCUT2D eigenvalue weighted by atomic mass is 16.5. The van der Waals surface area contributed by atoms with Crippen LogP contribution in [0.1, 0.15) is 31.2 Å². The summed E-state index contributed by atoms with van der Waals surface area (Å²) in [4.78, 5) is 20.3. The lowest BCUT2D eigenvalue weighted by Crippen LogP contribution is -2.38. The molecule has 3 heterocycles. The second kappa shape index (κ2) is 9.95. The van der Waals surface area contributed by atoms with Gasteiger partial charge in [-0.15, -0.1) is 0 Å². The van der Waals surface area contributed by atoms with E-state index in [0.29, 0.717) is 19.7 Å². The van der Waals surface area contributed by atoms with E-state index in [1.54, 1.807) is 20.4 Å². The molecule has 1 amide bonds. The summed E-state index contributed by atoms with van der Waals surface area (Å²) in [5, 5.41) is 7.91. The van der Waals surface area contributed by atoms with Crippen molar-refractivity contribution >= 4 is 23.1 Å². The second-order valence-corrected chi connectivity index (χ2v) is 8.99.